The van der Waals surface area contributed by atoms with Crippen molar-refractivity contribution in [2.24, 2.45) is 5.92 Å². The number of hydrogen-bond donors (Lipinski definition) is 4. The summed E-state index contributed by atoms with van der Waals surface area (Å²) in [4.78, 5) is 70.6. The number of rotatable bonds is 8. The number of nitrogens with zero attached hydrogens (tertiary/aromatic N) is 4. The smallest absolute Gasteiger partial charge is 0.411 e. The molecule has 2 fully saturated rings. The van der Waals surface area contributed by atoms with Gasteiger partial charge in [-0.05, 0) is 86.9 Å². The van der Waals surface area contributed by atoms with Crippen LogP contribution in [0.25, 0.3) is 22.3 Å². The normalized spacial score (nSPS) is 17.2. The zero-order valence-corrected chi connectivity index (χ0v) is 31.4. The second-order valence-electron chi connectivity index (χ2n) is 14.1. The predicted octanol–water partition coefficient (Wildman–Crippen LogP) is 5.71. The number of aromatic amines is 2. The molecule has 14 heteroatoms. The van der Waals surface area contributed by atoms with Gasteiger partial charge in [-0.1, -0.05) is 37.8 Å². The lowest BCUT2D eigenvalue weighted by Gasteiger charge is -2.30. The SMILES string of the molecule is COC(=O)NC(C(=O)N1CCC[C@H]1c1nc2ccc(C#Cc3ccc(-c4cnc([C@@H]5CCCN5C(=O)[C@@H](NC(=O)OC)C(C)C)[nH]4)cc3)cc2[nH]1)=C(C)C. The van der Waals surface area contributed by atoms with Crippen molar-refractivity contribution >= 4 is 35.0 Å². The number of aromatic nitrogens is 4. The molecular weight excluding hydrogens is 688 g/mol. The molecule has 0 bridgehead atoms. The van der Waals surface area contributed by atoms with Crippen LogP contribution in [0.5, 0.6) is 0 Å². The molecule has 3 atom stereocenters. The molecule has 282 valence electrons. The summed E-state index contributed by atoms with van der Waals surface area (Å²) in [5.74, 6) is 7.35. The molecule has 14 nitrogen and oxygen atoms in total. The number of carbonyl (C=O) groups excluding carboxylic acids is 4. The van der Waals surface area contributed by atoms with Gasteiger partial charge in [-0.3, -0.25) is 14.9 Å². The summed E-state index contributed by atoms with van der Waals surface area (Å²) in [5.41, 5.74) is 5.90. The second kappa shape index (κ2) is 16.3. The third-order valence-electron chi connectivity index (χ3n) is 9.84. The van der Waals surface area contributed by atoms with E-state index in [2.05, 4.69) is 37.4 Å². The van der Waals surface area contributed by atoms with Crippen LogP contribution in [0.2, 0.25) is 0 Å². The molecule has 0 saturated carbocycles. The van der Waals surface area contributed by atoms with Gasteiger partial charge in [0.1, 0.15) is 23.4 Å². The average Bonchev–Trinajstić information content (AvgIpc) is 4.00. The summed E-state index contributed by atoms with van der Waals surface area (Å²) in [6.45, 7) is 8.47. The maximum atomic E-state index is 13.5. The lowest BCUT2D eigenvalue weighted by atomic mass is 10.0. The van der Waals surface area contributed by atoms with Crippen LogP contribution in [-0.2, 0) is 19.1 Å². The van der Waals surface area contributed by atoms with Gasteiger partial charge in [-0.2, -0.15) is 0 Å². The molecular formula is C40H46N8O6. The third kappa shape index (κ3) is 8.10. The Balaban J connectivity index is 1.13. The minimum Gasteiger partial charge on any atom is -0.453 e. The number of likely N-dealkylation sites (tertiary alicyclic amines) is 2. The Labute approximate surface area is 314 Å². The third-order valence-corrected chi connectivity index (χ3v) is 9.84. The molecule has 4 aromatic rings. The number of benzene rings is 2. The van der Waals surface area contributed by atoms with Crippen LogP contribution in [0.4, 0.5) is 9.59 Å². The van der Waals surface area contributed by atoms with Gasteiger partial charge in [-0.15, -0.1) is 0 Å². The Morgan fingerprint density at radius 2 is 1.50 bits per heavy atom. The van der Waals surface area contributed by atoms with Crippen LogP contribution in [0, 0.1) is 17.8 Å². The van der Waals surface area contributed by atoms with Gasteiger partial charge in [0, 0.05) is 24.2 Å². The van der Waals surface area contributed by atoms with Gasteiger partial charge in [-0.25, -0.2) is 19.6 Å². The summed E-state index contributed by atoms with van der Waals surface area (Å²) < 4.78 is 9.46. The number of nitrogens with one attached hydrogen (secondary N) is 4. The molecule has 2 saturated heterocycles. The molecule has 2 aromatic heterocycles. The van der Waals surface area contributed by atoms with Gasteiger partial charge in [0.25, 0.3) is 5.91 Å². The minimum atomic E-state index is -0.694. The van der Waals surface area contributed by atoms with Crippen LogP contribution in [0.1, 0.15) is 88.2 Å². The summed E-state index contributed by atoms with van der Waals surface area (Å²) in [7, 11) is 2.55. The Bertz CT molecular complexity index is 2140. The first kappa shape index (κ1) is 37.7. The monoisotopic (exact) mass is 734 g/mol. The highest BCUT2D eigenvalue weighted by Crippen LogP contribution is 2.34. The van der Waals surface area contributed by atoms with Crippen molar-refractivity contribution in [2.45, 2.75) is 71.5 Å². The molecule has 4 N–H and O–H groups in total. The van der Waals surface area contributed by atoms with Crippen LogP contribution in [0.3, 0.4) is 0 Å². The maximum absolute atomic E-state index is 13.5. The number of hydrogen-bond acceptors (Lipinski definition) is 8. The highest BCUT2D eigenvalue weighted by Gasteiger charge is 2.38. The van der Waals surface area contributed by atoms with Crippen LogP contribution >= 0.6 is 0 Å². The number of H-pyrrole nitrogens is 2. The quantitative estimate of drug-likeness (QED) is 0.132. The van der Waals surface area contributed by atoms with Crippen molar-refractivity contribution in [2.75, 3.05) is 27.3 Å². The van der Waals surface area contributed by atoms with Gasteiger partial charge in [0.15, 0.2) is 0 Å². The van der Waals surface area contributed by atoms with E-state index in [9.17, 15) is 19.2 Å². The van der Waals surface area contributed by atoms with Crippen molar-refractivity contribution in [3.8, 4) is 23.1 Å². The van der Waals surface area contributed by atoms with Crippen LogP contribution in [0.15, 0.2) is 59.9 Å². The number of fused-ring (bicyclic) bond motifs is 1. The van der Waals surface area contributed by atoms with Gasteiger partial charge >= 0.3 is 12.2 Å². The summed E-state index contributed by atoms with van der Waals surface area (Å²) in [6.07, 6.45) is 3.63. The number of carbonyl (C=O) groups is 4. The van der Waals surface area contributed by atoms with E-state index in [4.69, 9.17) is 14.5 Å². The highest BCUT2D eigenvalue weighted by molar-refractivity contribution is 5.97. The number of alkyl carbamates (subject to hydrolysis) is 2. The molecule has 4 amide bonds. The lowest BCUT2D eigenvalue weighted by Crippen LogP contribution is -2.51. The largest absolute Gasteiger partial charge is 0.453 e. The van der Waals surface area contributed by atoms with E-state index in [-0.39, 0.29) is 35.5 Å². The fourth-order valence-electron chi connectivity index (χ4n) is 6.97. The van der Waals surface area contributed by atoms with Crippen LogP contribution < -0.4 is 10.6 Å². The molecule has 6 rings (SSSR count). The first-order valence-corrected chi connectivity index (χ1v) is 18.1. The summed E-state index contributed by atoms with van der Waals surface area (Å²) in [6, 6.07) is 12.5. The number of methoxy groups -OCH3 is 2. The number of imidazole rings is 2. The molecule has 54 heavy (non-hydrogen) atoms. The van der Waals surface area contributed by atoms with Crippen molar-refractivity contribution in [3.63, 3.8) is 0 Å². The van der Waals surface area contributed by atoms with Crippen molar-refractivity contribution in [1.82, 2.24) is 40.4 Å². The van der Waals surface area contributed by atoms with E-state index in [0.717, 1.165) is 59.1 Å². The fraction of sp³-hybridized carbons (Fsp3) is 0.400. The van der Waals surface area contributed by atoms with E-state index in [1.165, 1.54) is 14.2 Å². The van der Waals surface area contributed by atoms with Gasteiger partial charge in [0.2, 0.25) is 5.91 Å². The highest BCUT2D eigenvalue weighted by atomic mass is 16.5. The Kier molecular flexibility index (Phi) is 11.4. The summed E-state index contributed by atoms with van der Waals surface area (Å²) >= 11 is 0. The van der Waals surface area contributed by atoms with Gasteiger partial charge < -0.3 is 34.6 Å². The summed E-state index contributed by atoms with van der Waals surface area (Å²) in [5, 5.41) is 5.25. The minimum absolute atomic E-state index is 0.110. The molecule has 0 unspecified atom stereocenters. The van der Waals surface area contributed by atoms with Crippen molar-refractivity contribution in [1.29, 1.82) is 0 Å². The Hall–Kier alpha value is -6.10. The van der Waals surface area contributed by atoms with Crippen LogP contribution in [-0.4, -0.2) is 87.1 Å². The zero-order valence-electron chi connectivity index (χ0n) is 31.4. The molecule has 0 spiro atoms. The molecule has 2 aliphatic heterocycles. The standard InChI is InChI=1S/C40H46N8O6/c1-23(2)33(45-39(51)53-5)37(49)47-19-7-9-31(47)35-41-22-30(44-35)27-16-13-25(14-17-27)11-12-26-15-18-28-29(21-26)43-36(42-28)32-10-8-20-48(32)38(50)34(24(3)4)46-40(52)54-6/h13-18,21-23,31-33H,7-10,19-20H2,1-6H3,(H,41,44)(H,42,43)(H,45,51)(H,46,52)/t31-,32-,33-/m0/s1. The first-order chi connectivity index (χ1) is 26.0. The average molecular weight is 735 g/mol. The fourth-order valence-corrected chi connectivity index (χ4v) is 6.97. The molecule has 2 aliphatic rings. The Morgan fingerprint density at radius 1 is 0.852 bits per heavy atom. The molecule has 2 aromatic carbocycles. The molecule has 0 aliphatic carbocycles. The molecule has 4 heterocycles. The van der Waals surface area contributed by atoms with E-state index in [1.807, 2.05) is 56.3 Å². The van der Waals surface area contributed by atoms with E-state index < -0.39 is 18.2 Å². The number of amides is 4. The van der Waals surface area contributed by atoms with Crippen molar-refractivity contribution < 1.29 is 28.7 Å². The number of ether oxygens (including phenoxy) is 2. The van der Waals surface area contributed by atoms with E-state index >= 15 is 0 Å². The van der Waals surface area contributed by atoms with Gasteiger partial charge in [0.05, 0.1) is 49.2 Å². The topological polar surface area (TPSA) is 175 Å². The second-order valence-corrected chi connectivity index (χ2v) is 14.1. The zero-order chi connectivity index (χ0) is 38.5. The van der Waals surface area contributed by atoms with E-state index in [1.54, 1.807) is 29.8 Å². The van der Waals surface area contributed by atoms with E-state index in [0.29, 0.717) is 30.3 Å². The predicted molar refractivity (Wildman–Crippen MR) is 202 cm³/mol. The van der Waals surface area contributed by atoms with Crippen molar-refractivity contribution in [3.05, 3.63) is 82.7 Å². The lowest BCUT2D eigenvalue weighted by molar-refractivity contribution is -0.135. The first-order valence-electron chi connectivity index (χ1n) is 18.1. The number of allylic oxidation sites excluding steroid dienone is 1. The molecule has 0 radical (unpaired) electrons. The Morgan fingerprint density at radius 3 is 2.17 bits per heavy atom. The maximum Gasteiger partial charge on any atom is 0.411 e.